The number of urea groups is 1. The zero-order valence-corrected chi connectivity index (χ0v) is 17.2. The molecule has 160 valence electrons. The molecule has 8 nitrogen and oxygen atoms in total. The van der Waals surface area contributed by atoms with E-state index in [0.717, 1.165) is 30.6 Å². The molecule has 8 heteroatoms. The average Bonchev–Trinajstić information content (AvgIpc) is 3.29. The Labute approximate surface area is 180 Å². The number of ether oxygens (including phenoxy) is 1. The van der Waals surface area contributed by atoms with Gasteiger partial charge in [0.2, 0.25) is 0 Å². The summed E-state index contributed by atoms with van der Waals surface area (Å²) in [5, 5.41) is 2.99. The molecule has 0 bridgehead atoms. The van der Waals surface area contributed by atoms with Crippen LogP contribution in [-0.4, -0.2) is 44.7 Å². The summed E-state index contributed by atoms with van der Waals surface area (Å²) < 4.78 is 7.26. The van der Waals surface area contributed by atoms with Gasteiger partial charge in [0.05, 0.1) is 12.6 Å². The van der Waals surface area contributed by atoms with E-state index in [-0.39, 0.29) is 17.8 Å². The van der Waals surface area contributed by atoms with Gasteiger partial charge in [0.25, 0.3) is 0 Å². The Morgan fingerprint density at radius 2 is 2.10 bits per heavy atom. The summed E-state index contributed by atoms with van der Waals surface area (Å²) in [6.45, 7) is 2.09. The number of rotatable bonds is 7. The standard InChI is InChI=1S/C23H25N5O3/c29-22-25-10-4-11-27(22)15-18-5-1-7-20(13-18)26-23(30)28(17-21-8-3-12-31-21)16-19-6-2-9-24-14-19/h1-2,4-7,9-11,13-14,21H,3,8,12,15-17H2,(H,26,30)/t21-/m0/s1. The third-order valence-electron chi connectivity index (χ3n) is 5.15. The molecule has 31 heavy (non-hydrogen) atoms. The van der Waals surface area contributed by atoms with Crippen LogP contribution in [0.3, 0.4) is 0 Å². The van der Waals surface area contributed by atoms with Crippen LogP contribution in [0.4, 0.5) is 10.5 Å². The summed E-state index contributed by atoms with van der Waals surface area (Å²) in [5.41, 5.74) is 2.21. The average molecular weight is 419 g/mol. The highest BCUT2D eigenvalue weighted by Gasteiger charge is 2.23. The van der Waals surface area contributed by atoms with Crippen LogP contribution in [-0.2, 0) is 17.8 Å². The molecule has 0 spiro atoms. The Balaban J connectivity index is 1.47. The van der Waals surface area contributed by atoms with E-state index in [2.05, 4.69) is 15.3 Å². The molecule has 1 fully saturated rings. The van der Waals surface area contributed by atoms with E-state index in [0.29, 0.717) is 25.3 Å². The second kappa shape index (κ2) is 9.99. The van der Waals surface area contributed by atoms with Crippen LogP contribution in [0.1, 0.15) is 24.0 Å². The number of pyridine rings is 1. The summed E-state index contributed by atoms with van der Waals surface area (Å²) in [5.74, 6) is 0. The normalized spacial score (nSPS) is 15.5. The molecule has 1 aliphatic rings. The van der Waals surface area contributed by atoms with Crippen LogP contribution in [0.15, 0.2) is 72.0 Å². The molecule has 0 aliphatic carbocycles. The van der Waals surface area contributed by atoms with Crippen molar-refractivity contribution in [2.45, 2.75) is 32.0 Å². The first-order valence-corrected chi connectivity index (χ1v) is 10.3. The van der Waals surface area contributed by atoms with E-state index in [9.17, 15) is 9.59 Å². The van der Waals surface area contributed by atoms with Crippen molar-refractivity contribution in [1.82, 2.24) is 19.4 Å². The minimum absolute atomic E-state index is 0.0474. The van der Waals surface area contributed by atoms with Crippen LogP contribution in [0, 0.1) is 0 Å². The van der Waals surface area contributed by atoms with Gasteiger partial charge in [-0.25, -0.2) is 14.6 Å². The molecule has 1 aromatic carbocycles. The monoisotopic (exact) mass is 419 g/mol. The highest BCUT2D eigenvalue weighted by molar-refractivity contribution is 5.89. The highest BCUT2D eigenvalue weighted by Crippen LogP contribution is 2.17. The number of hydrogen-bond acceptors (Lipinski definition) is 5. The number of aromatic nitrogens is 3. The number of hydrogen-bond donors (Lipinski definition) is 1. The number of benzene rings is 1. The van der Waals surface area contributed by atoms with E-state index in [1.807, 2.05) is 36.4 Å². The quantitative estimate of drug-likeness (QED) is 0.636. The Hall–Kier alpha value is -3.52. The van der Waals surface area contributed by atoms with E-state index in [1.165, 1.54) is 10.8 Å². The molecule has 1 N–H and O–H groups in total. The molecule has 3 heterocycles. The first kappa shape index (κ1) is 20.7. The van der Waals surface area contributed by atoms with Crippen molar-refractivity contribution in [2.24, 2.45) is 0 Å². The molecular weight excluding hydrogens is 394 g/mol. The van der Waals surface area contributed by atoms with Gasteiger partial charge in [0, 0.05) is 50.2 Å². The van der Waals surface area contributed by atoms with Crippen molar-refractivity contribution in [1.29, 1.82) is 0 Å². The van der Waals surface area contributed by atoms with Gasteiger partial charge >= 0.3 is 11.7 Å². The first-order valence-electron chi connectivity index (χ1n) is 10.3. The molecular formula is C23H25N5O3. The van der Waals surface area contributed by atoms with Crippen molar-refractivity contribution in [2.75, 3.05) is 18.5 Å². The van der Waals surface area contributed by atoms with Crippen molar-refractivity contribution in [3.63, 3.8) is 0 Å². The van der Waals surface area contributed by atoms with Crippen LogP contribution >= 0.6 is 0 Å². The Bertz CT molecular complexity index is 1060. The van der Waals surface area contributed by atoms with E-state index < -0.39 is 0 Å². The molecule has 4 rings (SSSR count). The van der Waals surface area contributed by atoms with Gasteiger partial charge in [-0.1, -0.05) is 18.2 Å². The lowest BCUT2D eigenvalue weighted by atomic mass is 10.2. The highest BCUT2D eigenvalue weighted by atomic mass is 16.5. The predicted molar refractivity (Wildman–Crippen MR) is 117 cm³/mol. The second-order valence-corrected chi connectivity index (χ2v) is 7.54. The smallest absolute Gasteiger partial charge is 0.347 e. The molecule has 1 aliphatic heterocycles. The first-order chi connectivity index (χ1) is 15.2. The number of anilines is 1. The number of carbonyl (C=O) groups excluding carboxylic acids is 1. The summed E-state index contributed by atoms with van der Waals surface area (Å²) in [4.78, 5) is 34.7. The van der Waals surface area contributed by atoms with E-state index in [1.54, 1.807) is 29.6 Å². The molecule has 0 saturated carbocycles. The Morgan fingerprint density at radius 3 is 2.87 bits per heavy atom. The summed E-state index contributed by atoms with van der Waals surface area (Å²) in [6, 6.07) is 12.8. The molecule has 0 radical (unpaired) electrons. The minimum Gasteiger partial charge on any atom is -0.376 e. The largest absolute Gasteiger partial charge is 0.376 e. The topological polar surface area (TPSA) is 89.4 Å². The summed E-state index contributed by atoms with van der Waals surface area (Å²) in [6.07, 6.45) is 8.66. The molecule has 1 saturated heterocycles. The third-order valence-corrected chi connectivity index (χ3v) is 5.15. The lowest BCUT2D eigenvalue weighted by Gasteiger charge is -2.26. The SMILES string of the molecule is O=C(Nc1cccc(Cn2cccnc2=O)c1)N(Cc1cccnc1)C[C@@H]1CCCO1. The summed E-state index contributed by atoms with van der Waals surface area (Å²) in [7, 11) is 0. The van der Waals surface area contributed by atoms with E-state index in [4.69, 9.17) is 4.74 Å². The van der Waals surface area contributed by atoms with Gasteiger partial charge in [-0.3, -0.25) is 9.55 Å². The maximum absolute atomic E-state index is 13.1. The predicted octanol–water partition coefficient (Wildman–Crippen LogP) is 2.90. The molecule has 1 atom stereocenters. The van der Waals surface area contributed by atoms with Crippen molar-refractivity contribution < 1.29 is 9.53 Å². The molecule has 0 unspecified atom stereocenters. The van der Waals surface area contributed by atoms with Crippen LogP contribution < -0.4 is 11.0 Å². The van der Waals surface area contributed by atoms with Gasteiger partial charge in [-0.2, -0.15) is 0 Å². The number of amides is 2. The summed E-state index contributed by atoms with van der Waals surface area (Å²) >= 11 is 0. The zero-order valence-electron chi connectivity index (χ0n) is 17.2. The fourth-order valence-electron chi connectivity index (χ4n) is 3.62. The number of carbonyl (C=O) groups is 1. The Kier molecular flexibility index (Phi) is 6.68. The molecule has 3 aromatic rings. The van der Waals surface area contributed by atoms with Gasteiger partial charge < -0.3 is 15.0 Å². The fourth-order valence-corrected chi connectivity index (χ4v) is 3.62. The number of nitrogens with one attached hydrogen (secondary N) is 1. The lowest BCUT2D eigenvalue weighted by molar-refractivity contribution is 0.0819. The van der Waals surface area contributed by atoms with Gasteiger partial charge in [0.15, 0.2) is 0 Å². The maximum atomic E-state index is 13.1. The maximum Gasteiger partial charge on any atom is 0.347 e. The van der Waals surface area contributed by atoms with Crippen molar-refractivity contribution in [3.8, 4) is 0 Å². The van der Waals surface area contributed by atoms with Crippen LogP contribution in [0.25, 0.3) is 0 Å². The Morgan fingerprint density at radius 1 is 1.19 bits per heavy atom. The van der Waals surface area contributed by atoms with Crippen molar-refractivity contribution >= 4 is 11.7 Å². The fraction of sp³-hybridized carbons (Fsp3) is 0.304. The van der Waals surface area contributed by atoms with E-state index >= 15 is 0 Å². The van der Waals surface area contributed by atoms with Crippen LogP contribution in [0.2, 0.25) is 0 Å². The van der Waals surface area contributed by atoms with Crippen molar-refractivity contribution in [3.05, 3.63) is 88.9 Å². The second-order valence-electron chi connectivity index (χ2n) is 7.54. The third kappa shape index (κ3) is 5.76. The van der Waals surface area contributed by atoms with Crippen LogP contribution in [0.5, 0.6) is 0 Å². The minimum atomic E-state index is -0.309. The zero-order chi connectivity index (χ0) is 21.5. The van der Waals surface area contributed by atoms with Gasteiger partial charge in [-0.15, -0.1) is 0 Å². The number of nitrogens with zero attached hydrogens (tertiary/aromatic N) is 4. The van der Waals surface area contributed by atoms with Gasteiger partial charge in [-0.05, 0) is 48.2 Å². The molecule has 2 amide bonds. The lowest BCUT2D eigenvalue weighted by Crippen LogP contribution is -2.39. The molecule has 2 aromatic heterocycles. The van der Waals surface area contributed by atoms with Gasteiger partial charge in [0.1, 0.15) is 0 Å².